The molecule has 108 valence electrons. The van der Waals surface area contributed by atoms with E-state index in [9.17, 15) is 0 Å². The van der Waals surface area contributed by atoms with Gasteiger partial charge in [0.15, 0.2) is 0 Å². The molecular formula is C16H11Cl4N. The summed E-state index contributed by atoms with van der Waals surface area (Å²) in [7, 11) is 0. The first-order valence-electron chi connectivity index (χ1n) is 6.36. The minimum Gasteiger partial charge on any atom is -0.358 e. The van der Waals surface area contributed by atoms with E-state index in [4.69, 9.17) is 46.4 Å². The molecule has 0 saturated carbocycles. The Kier molecular flexibility index (Phi) is 4.11. The molecule has 5 heteroatoms. The van der Waals surface area contributed by atoms with Crippen LogP contribution in [0.5, 0.6) is 0 Å². The van der Waals surface area contributed by atoms with Crippen LogP contribution in [-0.4, -0.2) is 4.98 Å². The molecule has 1 N–H and O–H groups in total. The number of hydrogen-bond acceptors (Lipinski definition) is 0. The molecule has 0 saturated heterocycles. The molecule has 0 fully saturated rings. The smallest absolute Gasteiger partial charge is 0.0514 e. The van der Waals surface area contributed by atoms with Crippen LogP contribution in [0.2, 0.25) is 20.1 Å². The van der Waals surface area contributed by atoms with Crippen LogP contribution in [0.3, 0.4) is 0 Å². The fraction of sp³-hybridized carbons (Fsp3) is 0.125. The summed E-state index contributed by atoms with van der Waals surface area (Å²) in [5.74, 6) is 0. The van der Waals surface area contributed by atoms with E-state index in [2.05, 4.69) is 4.98 Å². The van der Waals surface area contributed by atoms with E-state index >= 15 is 0 Å². The summed E-state index contributed by atoms with van der Waals surface area (Å²) >= 11 is 24.8. The maximum atomic E-state index is 6.36. The number of H-pyrrole nitrogens is 1. The molecule has 0 aliphatic heterocycles. The van der Waals surface area contributed by atoms with Gasteiger partial charge >= 0.3 is 0 Å². The lowest BCUT2D eigenvalue weighted by Gasteiger charge is -2.08. The monoisotopic (exact) mass is 357 g/mol. The largest absolute Gasteiger partial charge is 0.358 e. The van der Waals surface area contributed by atoms with Gasteiger partial charge < -0.3 is 4.98 Å². The molecule has 21 heavy (non-hydrogen) atoms. The van der Waals surface area contributed by atoms with Crippen LogP contribution in [0.1, 0.15) is 16.8 Å². The Balaban J connectivity index is 2.07. The summed E-state index contributed by atoms with van der Waals surface area (Å²) in [5.41, 5.74) is 3.81. The van der Waals surface area contributed by atoms with Crippen molar-refractivity contribution < 1.29 is 0 Å². The van der Waals surface area contributed by atoms with E-state index in [0.717, 1.165) is 27.7 Å². The lowest BCUT2D eigenvalue weighted by Crippen LogP contribution is -1.93. The zero-order valence-corrected chi connectivity index (χ0v) is 14.1. The fourth-order valence-corrected chi connectivity index (χ4v) is 3.43. The standard InChI is InChI=1S/C16H11Cl4N/c1-8-2-3-13(18)12(16(8)20)7-10-6-11-14(19)4-9(17)5-15(11)21-10/h2-6,21H,7H2,1H3. The number of halogens is 4. The zero-order valence-electron chi connectivity index (χ0n) is 11.1. The highest BCUT2D eigenvalue weighted by Gasteiger charge is 2.12. The van der Waals surface area contributed by atoms with Crippen molar-refractivity contribution in [3.8, 4) is 0 Å². The first kappa shape index (κ1) is 15.1. The molecule has 0 bridgehead atoms. The third-order valence-electron chi connectivity index (χ3n) is 3.45. The zero-order chi connectivity index (χ0) is 15.1. The van der Waals surface area contributed by atoms with Crippen molar-refractivity contribution in [3.05, 3.63) is 67.2 Å². The maximum Gasteiger partial charge on any atom is 0.0514 e. The van der Waals surface area contributed by atoms with E-state index in [1.165, 1.54) is 0 Å². The van der Waals surface area contributed by atoms with Gasteiger partial charge in [-0.15, -0.1) is 0 Å². The molecular weight excluding hydrogens is 348 g/mol. The molecule has 0 spiro atoms. The molecule has 0 radical (unpaired) electrons. The first-order valence-corrected chi connectivity index (χ1v) is 7.87. The van der Waals surface area contributed by atoms with Gasteiger partial charge in [0.2, 0.25) is 0 Å². The second-order valence-corrected chi connectivity index (χ2v) is 6.61. The Morgan fingerprint density at radius 1 is 0.952 bits per heavy atom. The van der Waals surface area contributed by atoms with Crippen molar-refractivity contribution in [1.29, 1.82) is 0 Å². The third kappa shape index (κ3) is 2.89. The SMILES string of the molecule is Cc1ccc(Cl)c(Cc2cc3c(Cl)cc(Cl)cc3[nH]2)c1Cl. The van der Waals surface area contributed by atoms with Gasteiger partial charge in [-0.1, -0.05) is 52.5 Å². The molecule has 0 aliphatic rings. The average Bonchev–Trinajstić information content (AvgIpc) is 2.82. The number of benzene rings is 2. The van der Waals surface area contributed by atoms with Crippen LogP contribution < -0.4 is 0 Å². The number of fused-ring (bicyclic) bond motifs is 1. The van der Waals surface area contributed by atoms with E-state index in [-0.39, 0.29) is 0 Å². The van der Waals surface area contributed by atoms with E-state index in [1.54, 1.807) is 6.07 Å². The van der Waals surface area contributed by atoms with Crippen LogP contribution in [0.25, 0.3) is 10.9 Å². The molecule has 0 aliphatic carbocycles. The van der Waals surface area contributed by atoms with Crippen molar-refractivity contribution in [2.24, 2.45) is 0 Å². The molecule has 0 amide bonds. The molecule has 3 aromatic rings. The Labute approximate surface area is 142 Å². The van der Waals surface area contributed by atoms with Gasteiger partial charge in [0.25, 0.3) is 0 Å². The fourth-order valence-electron chi connectivity index (χ4n) is 2.38. The summed E-state index contributed by atoms with van der Waals surface area (Å²) in [4.78, 5) is 3.31. The predicted molar refractivity (Wildman–Crippen MR) is 92.3 cm³/mol. The van der Waals surface area contributed by atoms with Gasteiger partial charge in [-0.05, 0) is 42.3 Å². The van der Waals surface area contributed by atoms with Crippen molar-refractivity contribution in [1.82, 2.24) is 4.98 Å². The number of aryl methyl sites for hydroxylation is 1. The molecule has 1 heterocycles. The summed E-state index contributed by atoms with van der Waals surface area (Å²) < 4.78 is 0. The Hall–Kier alpha value is -0.860. The Bertz CT molecular complexity index is 836. The molecule has 0 unspecified atom stereocenters. The normalized spacial score (nSPS) is 11.3. The summed E-state index contributed by atoms with van der Waals surface area (Å²) in [6.07, 6.45) is 0.613. The van der Waals surface area contributed by atoms with Gasteiger partial charge in [0.1, 0.15) is 0 Å². The Morgan fingerprint density at radius 3 is 2.48 bits per heavy atom. The molecule has 0 atom stereocenters. The van der Waals surface area contributed by atoms with Crippen LogP contribution >= 0.6 is 46.4 Å². The minimum absolute atomic E-state index is 0.604. The van der Waals surface area contributed by atoms with Gasteiger partial charge in [0.05, 0.1) is 5.02 Å². The van der Waals surface area contributed by atoms with Crippen molar-refractivity contribution in [3.63, 3.8) is 0 Å². The topological polar surface area (TPSA) is 15.8 Å². The first-order chi connectivity index (χ1) is 9.95. The van der Waals surface area contributed by atoms with E-state index < -0.39 is 0 Å². The number of aromatic amines is 1. The van der Waals surface area contributed by atoms with Gasteiger partial charge in [-0.2, -0.15) is 0 Å². The van der Waals surface area contributed by atoms with Crippen molar-refractivity contribution >= 4 is 57.3 Å². The number of aromatic nitrogens is 1. The summed E-state index contributed by atoms with van der Waals surface area (Å²) in [6.45, 7) is 1.96. The molecule has 1 nitrogen and oxygen atoms in total. The lowest BCUT2D eigenvalue weighted by atomic mass is 10.1. The highest BCUT2D eigenvalue weighted by atomic mass is 35.5. The quantitative estimate of drug-likeness (QED) is 0.525. The summed E-state index contributed by atoms with van der Waals surface area (Å²) in [5, 5.41) is 3.53. The van der Waals surface area contributed by atoms with Gasteiger partial charge in [-0.25, -0.2) is 0 Å². The van der Waals surface area contributed by atoms with Gasteiger partial charge in [-0.3, -0.25) is 0 Å². The molecule has 2 aromatic carbocycles. The maximum absolute atomic E-state index is 6.36. The second kappa shape index (κ2) is 5.73. The van der Waals surface area contributed by atoms with Crippen molar-refractivity contribution in [2.75, 3.05) is 0 Å². The third-order valence-corrected chi connectivity index (χ3v) is 4.87. The predicted octanol–water partition coefficient (Wildman–Crippen LogP) is 6.68. The van der Waals surface area contributed by atoms with Crippen LogP contribution in [0, 0.1) is 6.92 Å². The van der Waals surface area contributed by atoms with Gasteiger partial charge in [0, 0.05) is 38.1 Å². The highest BCUT2D eigenvalue weighted by molar-refractivity contribution is 6.38. The van der Waals surface area contributed by atoms with E-state index in [0.29, 0.717) is 26.5 Å². The minimum atomic E-state index is 0.604. The lowest BCUT2D eigenvalue weighted by molar-refractivity contribution is 1.11. The number of rotatable bonds is 2. The average molecular weight is 359 g/mol. The molecule has 3 rings (SSSR count). The van der Waals surface area contributed by atoms with E-state index in [1.807, 2.05) is 31.2 Å². The highest BCUT2D eigenvalue weighted by Crippen LogP contribution is 2.32. The van der Waals surface area contributed by atoms with Crippen LogP contribution in [-0.2, 0) is 6.42 Å². The number of hydrogen-bond donors (Lipinski definition) is 1. The van der Waals surface area contributed by atoms with Crippen LogP contribution in [0.4, 0.5) is 0 Å². The second-order valence-electron chi connectivity index (χ2n) is 4.98. The number of nitrogens with one attached hydrogen (secondary N) is 1. The van der Waals surface area contributed by atoms with Crippen molar-refractivity contribution in [2.45, 2.75) is 13.3 Å². The van der Waals surface area contributed by atoms with Crippen LogP contribution in [0.15, 0.2) is 30.3 Å². The molecule has 1 aromatic heterocycles. The Morgan fingerprint density at radius 2 is 1.71 bits per heavy atom. The summed E-state index contributed by atoms with van der Waals surface area (Å²) in [6, 6.07) is 9.37.